The Hall–Kier alpha value is 0.190. The van der Waals surface area contributed by atoms with Crippen LogP contribution in [-0.4, -0.2) is 72.5 Å². The average Bonchev–Trinajstić information content (AvgIpc) is 2.33. The summed E-state index contributed by atoms with van der Waals surface area (Å²) in [6.45, 7) is 11.4. The minimum absolute atomic E-state index is 0.174. The fourth-order valence-electron chi connectivity index (χ4n) is 1.74. The molecule has 1 rings (SSSR count). The van der Waals surface area contributed by atoms with Crippen molar-refractivity contribution in [1.29, 1.82) is 0 Å². The first-order chi connectivity index (χ1) is 8.47. The van der Waals surface area contributed by atoms with Crippen LogP contribution in [0.5, 0.6) is 0 Å². The van der Waals surface area contributed by atoms with E-state index in [0.29, 0.717) is 13.2 Å². The van der Waals surface area contributed by atoms with Gasteiger partial charge in [-0.3, -0.25) is 0 Å². The number of hydrogen-bond acceptors (Lipinski definition) is 5. The van der Waals surface area contributed by atoms with Crippen molar-refractivity contribution in [3.05, 3.63) is 0 Å². The van der Waals surface area contributed by atoms with Crippen LogP contribution in [0.1, 0.15) is 20.8 Å². The highest BCUT2D eigenvalue weighted by atomic mass is 32.2. The van der Waals surface area contributed by atoms with Gasteiger partial charge in [-0.15, -0.1) is 0 Å². The van der Waals surface area contributed by atoms with Gasteiger partial charge in [0.1, 0.15) is 0 Å². The van der Waals surface area contributed by atoms with E-state index in [1.165, 1.54) is 24.6 Å². The molecule has 0 aromatic carbocycles. The van der Waals surface area contributed by atoms with Crippen LogP contribution in [-0.2, 0) is 4.74 Å². The maximum absolute atomic E-state index is 9.75. The van der Waals surface area contributed by atoms with Crippen LogP contribution in [0.2, 0.25) is 0 Å². The lowest BCUT2D eigenvalue weighted by molar-refractivity contribution is -0.0478. The molecule has 1 unspecified atom stereocenters. The smallest absolute Gasteiger partial charge is 0.0897 e. The van der Waals surface area contributed by atoms with Gasteiger partial charge in [-0.25, -0.2) is 0 Å². The Balaban J connectivity index is 1.96. The highest BCUT2D eigenvalue weighted by Gasteiger charge is 2.13. The molecule has 0 aromatic rings. The molecule has 4 nitrogen and oxygen atoms in total. The molecule has 1 aliphatic heterocycles. The molecule has 0 saturated carbocycles. The summed E-state index contributed by atoms with van der Waals surface area (Å²) in [5, 5.41) is 13.0. The lowest BCUT2D eigenvalue weighted by atomic mass is 10.2. The molecule has 1 aliphatic rings. The van der Waals surface area contributed by atoms with Crippen molar-refractivity contribution in [3.8, 4) is 0 Å². The van der Waals surface area contributed by atoms with Crippen LogP contribution in [0.15, 0.2) is 0 Å². The molecular formula is C13H28N2O2S. The molecule has 5 heteroatoms. The van der Waals surface area contributed by atoms with E-state index in [0.717, 1.165) is 13.1 Å². The van der Waals surface area contributed by atoms with Crippen molar-refractivity contribution in [1.82, 2.24) is 10.2 Å². The normalized spacial score (nSPS) is 20.0. The quantitative estimate of drug-likeness (QED) is 0.674. The Kier molecular flexibility index (Phi) is 7.56. The zero-order chi connectivity index (χ0) is 13.4. The van der Waals surface area contributed by atoms with Crippen LogP contribution < -0.4 is 5.32 Å². The molecular weight excluding hydrogens is 248 g/mol. The van der Waals surface area contributed by atoms with Crippen molar-refractivity contribution >= 4 is 11.8 Å². The van der Waals surface area contributed by atoms with Crippen LogP contribution in [0.25, 0.3) is 0 Å². The largest absolute Gasteiger partial charge is 0.389 e. The highest BCUT2D eigenvalue weighted by Crippen LogP contribution is 2.08. The molecule has 0 bridgehead atoms. The number of nitrogens with one attached hydrogen (secondary N) is 1. The molecule has 0 aromatic heterocycles. The van der Waals surface area contributed by atoms with E-state index in [2.05, 4.69) is 10.2 Å². The van der Waals surface area contributed by atoms with Crippen molar-refractivity contribution in [2.24, 2.45) is 0 Å². The number of ether oxygens (including phenoxy) is 1. The van der Waals surface area contributed by atoms with Crippen molar-refractivity contribution in [2.45, 2.75) is 32.5 Å². The number of hydrogen-bond donors (Lipinski definition) is 2. The number of aliphatic hydroxyl groups is 1. The minimum Gasteiger partial charge on any atom is -0.389 e. The zero-order valence-electron chi connectivity index (χ0n) is 11.9. The van der Waals surface area contributed by atoms with E-state index < -0.39 is 6.10 Å². The molecule has 1 fully saturated rings. The van der Waals surface area contributed by atoms with E-state index in [1.54, 1.807) is 0 Å². The molecule has 0 aliphatic carbocycles. The fraction of sp³-hybridized carbons (Fsp3) is 1.00. The van der Waals surface area contributed by atoms with Crippen LogP contribution in [0, 0.1) is 0 Å². The van der Waals surface area contributed by atoms with Gasteiger partial charge in [-0.1, -0.05) is 0 Å². The van der Waals surface area contributed by atoms with Gasteiger partial charge in [0.25, 0.3) is 0 Å². The minimum atomic E-state index is -0.416. The summed E-state index contributed by atoms with van der Waals surface area (Å²) in [4.78, 5) is 2.47. The topological polar surface area (TPSA) is 44.7 Å². The van der Waals surface area contributed by atoms with Crippen LogP contribution in [0.4, 0.5) is 0 Å². The van der Waals surface area contributed by atoms with Gasteiger partial charge >= 0.3 is 0 Å². The summed E-state index contributed by atoms with van der Waals surface area (Å²) >= 11 is 2.03. The molecule has 0 radical (unpaired) electrons. The van der Waals surface area contributed by atoms with E-state index in [1.807, 2.05) is 32.5 Å². The number of nitrogens with zero attached hydrogens (tertiary/aromatic N) is 1. The van der Waals surface area contributed by atoms with Crippen molar-refractivity contribution in [2.75, 3.05) is 50.8 Å². The third kappa shape index (κ3) is 8.32. The molecule has 0 spiro atoms. The van der Waals surface area contributed by atoms with Gasteiger partial charge in [-0.2, -0.15) is 11.8 Å². The second-order valence-electron chi connectivity index (χ2n) is 5.74. The average molecular weight is 276 g/mol. The first-order valence-corrected chi connectivity index (χ1v) is 7.96. The second-order valence-corrected chi connectivity index (χ2v) is 6.96. The maximum Gasteiger partial charge on any atom is 0.0897 e. The Labute approximate surface area is 115 Å². The van der Waals surface area contributed by atoms with Crippen molar-refractivity contribution < 1.29 is 9.84 Å². The summed E-state index contributed by atoms with van der Waals surface area (Å²) in [6, 6.07) is 0. The summed E-state index contributed by atoms with van der Waals surface area (Å²) in [7, 11) is 0. The molecule has 1 heterocycles. The Morgan fingerprint density at radius 3 is 2.61 bits per heavy atom. The van der Waals surface area contributed by atoms with E-state index in [4.69, 9.17) is 4.74 Å². The maximum atomic E-state index is 9.75. The van der Waals surface area contributed by atoms with Gasteiger partial charge in [0, 0.05) is 44.2 Å². The molecule has 1 saturated heterocycles. The van der Waals surface area contributed by atoms with Gasteiger partial charge in [0.15, 0.2) is 0 Å². The van der Waals surface area contributed by atoms with Gasteiger partial charge in [0.2, 0.25) is 0 Å². The lowest BCUT2D eigenvalue weighted by Crippen LogP contribution is -2.40. The van der Waals surface area contributed by atoms with Crippen LogP contribution in [0.3, 0.4) is 0 Å². The molecule has 18 heavy (non-hydrogen) atoms. The summed E-state index contributed by atoms with van der Waals surface area (Å²) in [5.41, 5.74) is -0.174. The van der Waals surface area contributed by atoms with E-state index in [-0.39, 0.29) is 5.60 Å². The Bertz CT molecular complexity index is 216. The summed E-state index contributed by atoms with van der Waals surface area (Å²) in [5.74, 6) is 2.50. The lowest BCUT2D eigenvalue weighted by Gasteiger charge is -2.26. The first-order valence-electron chi connectivity index (χ1n) is 6.80. The SMILES string of the molecule is CC(C)(C)OCC(O)CNCCN1CCSCC1. The number of rotatable bonds is 7. The molecule has 1 atom stereocenters. The molecule has 0 amide bonds. The first kappa shape index (κ1) is 16.2. The van der Waals surface area contributed by atoms with E-state index >= 15 is 0 Å². The predicted molar refractivity (Wildman–Crippen MR) is 78.3 cm³/mol. The Morgan fingerprint density at radius 1 is 1.33 bits per heavy atom. The molecule has 2 N–H and O–H groups in total. The predicted octanol–water partition coefficient (Wildman–Crippen LogP) is 0.801. The van der Waals surface area contributed by atoms with Crippen molar-refractivity contribution in [3.63, 3.8) is 0 Å². The standard InChI is InChI=1S/C13H28N2O2S/c1-13(2,3)17-11-12(16)10-14-4-5-15-6-8-18-9-7-15/h12,14,16H,4-11H2,1-3H3. The second kappa shape index (κ2) is 8.38. The number of aliphatic hydroxyl groups excluding tert-OH is 1. The zero-order valence-corrected chi connectivity index (χ0v) is 12.8. The van der Waals surface area contributed by atoms with Gasteiger partial charge in [-0.05, 0) is 20.8 Å². The Morgan fingerprint density at radius 2 is 2.00 bits per heavy atom. The highest BCUT2D eigenvalue weighted by molar-refractivity contribution is 7.99. The fourth-order valence-corrected chi connectivity index (χ4v) is 2.71. The van der Waals surface area contributed by atoms with Gasteiger partial charge < -0.3 is 20.1 Å². The van der Waals surface area contributed by atoms with Gasteiger partial charge in [0.05, 0.1) is 18.3 Å². The number of thioether (sulfide) groups is 1. The monoisotopic (exact) mass is 276 g/mol. The molecule has 108 valence electrons. The third-order valence-corrected chi connectivity index (χ3v) is 3.74. The third-order valence-electron chi connectivity index (χ3n) is 2.80. The van der Waals surface area contributed by atoms with E-state index in [9.17, 15) is 5.11 Å². The van der Waals surface area contributed by atoms with Crippen LogP contribution >= 0.6 is 11.8 Å². The summed E-state index contributed by atoms with van der Waals surface area (Å²) < 4.78 is 5.53. The summed E-state index contributed by atoms with van der Waals surface area (Å²) in [6.07, 6.45) is -0.416.